The molecule has 1 aromatic heterocycles. The van der Waals surface area contributed by atoms with E-state index in [4.69, 9.17) is 4.74 Å². The Morgan fingerprint density at radius 2 is 2.47 bits per heavy atom. The van der Waals surface area contributed by atoms with Crippen LogP contribution in [0.3, 0.4) is 0 Å². The van der Waals surface area contributed by atoms with E-state index in [-0.39, 0.29) is 11.7 Å². The van der Waals surface area contributed by atoms with Gasteiger partial charge in [-0.3, -0.25) is 9.88 Å². The van der Waals surface area contributed by atoms with Crippen LogP contribution in [0.15, 0.2) is 24.4 Å². The van der Waals surface area contributed by atoms with E-state index in [0.717, 1.165) is 25.2 Å². The fraction of sp³-hybridized carbons (Fsp3) is 0.500. The molecule has 90 valence electrons. The third kappa shape index (κ3) is 1.98. The standard InChI is InChI=1S/C12H15N3O2/c16-11-15(7-10-3-1-2-5-14-10)9-12(17-11)4-6-13-8-12/h1-3,5,13H,4,6-9H2. The van der Waals surface area contributed by atoms with Gasteiger partial charge in [-0.1, -0.05) is 6.07 Å². The van der Waals surface area contributed by atoms with Crippen LogP contribution in [0.1, 0.15) is 12.1 Å². The van der Waals surface area contributed by atoms with Crippen molar-refractivity contribution in [1.82, 2.24) is 15.2 Å². The highest BCUT2D eigenvalue weighted by Gasteiger charge is 2.46. The molecule has 1 atom stereocenters. The SMILES string of the molecule is O=C1OC2(CCNC2)CN1Cc1ccccn1. The second-order valence-corrected chi connectivity index (χ2v) is 4.65. The number of nitrogens with zero attached hydrogens (tertiary/aromatic N) is 2. The van der Waals surface area contributed by atoms with Crippen LogP contribution < -0.4 is 5.32 Å². The lowest BCUT2D eigenvalue weighted by Crippen LogP contribution is -2.36. The summed E-state index contributed by atoms with van der Waals surface area (Å²) in [5, 5.41) is 3.24. The van der Waals surface area contributed by atoms with Gasteiger partial charge in [-0.25, -0.2) is 4.79 Å². The van der Waals surface area contributed by atoms with E-state index in [2.05, 4.69) is 10.3 Å². The highest BCUT2D eigenvalue weighted by Crippen LogP contribution is 2.29. The van der Waals surface area contributed by atoms with E-state index in [0.29, 0.717) is 13.1 Å². The number of amides is 1. The van der Waals surface area contributed by atoms with Crippen LogP contribution in [-0.2, 0) is 11.3 Å². The van der Waals surface area contributed by atoms with Gasteiger partial charge in [-0.2, -0.15) is 0 Å². The maximum atomic E-state index is 11.8. The maximum absolute atomic E-state index is 11.8. The van der Waals surface area contributed by atoms with Crippen LogP contribution in [0.5, 0.6) is 0 Å². The molecule has 2 saturated heterocycles. The van der Waals surface area contributed by atoms with Gasteiger partial charge in [0, 0.05) is 19.2 Å². The molecule has 5 nitrogen and oxygen atoms in total. The highest BCUT2D eigenvalue weighted by atomic mass is 16.6. The molecule has 1 aromatic rings. The molecule has 1 unspecified atom stereocenters. The Kier molecular flexibility index (Phi) is 2.48. The number of carbonyl (C=O) groups excluding carboxylic acids is 1. The molecule has 5 heteroatoms. The molecule has 2 aliphatic rings. The topological polar surface area (TPSA) is 54.5 Å². The van der Waals surface area contributed by atoms with Crippen molar-refractivity contribution in [3.05, 3.63) is 30.1 Å². The Morgan fingerprint density at radius 1 is 1.53 bits per heavy atom. The average Bonchev–Trinajstić information content (AvgIpc) is 2.89. The van der Waals surface area contributed by atoms with Gasteiger partial charge >= 0.3 is 6.09 Å². The molecule has 0 aliphatic carbocycles. The molecule has 0 bridgehead atoms. The number of ether oxygens (including phenoxy) is 1. The van der Waals surface area contributed by atoms with Crippen molar-refractivity contribution in [1.29, 1.82) is 0 Å². The minimum Gasteiger partial charge on any atom is -0.439 e. The molecule has 3 rings (SSSR count). The van der Waals surface area contributed by atoms with Gasteiger partial charge in [0.2, 0.25) is 0 Å². The van der Waals surface area contributed by atoms with E-state index in [1.54, 1.807) is 11.1 Å². The van der Waals surface area contributed by atoms with Crippen molar-refractivity contribution >= 4 is 6.09 Å². The molecule has 0 radical (unpaired) electrons. The summed E-state index contributed by atoms with van der Waals surface area (Å²) < 4.78 is 5.49. The van der Waals surface area contributed by atoms with Crippen molar-refractivity contribution in [2.24, 2.45) is 0 Å². The monoisotopic (exact) mass is 233 g/mol. The first-order valence-electron chi connectivity index (χ1n) is 5.86. The van der Waals surface area contributed by atoms with Gasteiger partial charge in [0.05, 0.1) is 18.8 Å². The Hall–Kier alpha value is -1.62. The third-order valence-corrected chi connectivity index (χ3v) is 3.32. The van der Waals surface area contributed by atoms with Crippen molar-refractivity contribution in [3.63, 3.8) is 0 Å². The van der Waals surface area contributed by atoms with Gasteiger partial charge < -0.3 is 10.1 Å². The molecule has 2 aliphatic heterocycles. The van der Waals surface area contributed by atoms with Gasteiger partial charge in [0.25, 0.3) is 0 Å². The first-order chi connectivity index (χ1) is 8.27. The van der Waals surface area contributed by atoms with E-state index < -0.39 is 0 Å². The summed E-state index contributed by atoms with van der Waals surface area (Å²) in [6, 6.07) is 5.72. The van der Waals surface area contributed by atoms with Crippen LogP contribution in [-0.4, -0.2) is 41.2 Å². The Bertz CT molecular complexity index is 415. The molecular formula is C12H15N3O2. The fourth-order valence-corrected chi connectivity index (χ4v) is 2.44. The smallest absolute Gasteiger partial charge is 0.410 e. The van der Waals surface area contributed by atoms with Gasteiger partial charge in [0.1, 0.15) is 5.60 Å². The number of hydrogen-bond donors (Lipinski definition) is 1. The van der Waals surface area contributed by atoms with Crippen LogP contribution in [0, 0.1) is 0 Å². The lowest BCUT2D eigenvalue weighted by atomic mass is 10.0. The number of aromatic nitrogens is 1. The number of nitrogens with one attached hydrogen (secondary N) is 1. The third-order valence-electron chi connectivity index (χ3n) is 3.32. The van der Waals surface area contributed by atoms with E-state index in [9.17, 15) is 4.79 Å². The molecule has 2 fully saturated rings. The summed E-state index contributed by atoms with van der Waals surface area (Å²) >= 11 is 0. The Balaban J connectivity index is 1.71. The summed E-state index contributed by atoms with van der Waals surface area (Å²) in [5.41, 5.74) is 0.596. The number of pyridine rings is 1. The van der Waals surface area contributed by atoms with Crippen LogP contribution >= 0.6 is 0 Å². The summed E-state index contributed by atoms with van der Waals surface area (Å²) in [6.45, 7) is 2.87. The highest BCUT2D eigenvalue weighted by molar-refractivity contribution is 5.70. The van der Waals surface area contributed by atoms with Crippen LogP contribution in [0.25, 0.3) is 0 Å². The number of hydrogen-bond acceptors (Lipinski definition) is 4. The average molecular weight is 233 g/mol. The Morgan fingerprint density at radius 3 is 3.18 bits per heavy atom. The first-order valence-corrected chi connectivity index (χ1v) is 5.86. The molecule has 1 N–H and O–H groups in total. The van der Waals surface area contributed by atoms with E-state index in [1.807, 2.05) is 18.2 Å². The van der Waals surface area contributed by atoms with E-state index in [1.165, 1.54) is 0 Å². The minimum atomic E-state index is -0.300. The largest absolute Gasteiger partial charge is 0.439 e. The molecule has 17 heavy (non-hydrogen) atoms. The maximum Gasteiger partial charge on any atom is 0.410 e. The summed E-state index contributed by atoms with van der Waals surface area (Å²) in [5.74, 6) is 0. The minimum absolute atomic E-state index is 0.223. The molecule has 0 aromatic carbocycles. The molecule has 0 saturated carbocycles. The lowest BCUT2D eigenvalue weighted by Gasteiger charge is -2.19. The zero-order valence-electron chi connectivity index (χ0n) is 9.56. The quantitative estimate of drug-likeness (QED) is 0.819. The Labute approximate surface area is 99.8 Å². The van der Waals surface area contributed by atoms with Crippen LogP contribution in [0.2, 0.25) is 0 Å². The molecule has 3 heterocycles. The second-order valence-electron chi connectivity index (χ2n) is 4.65. The van der Waals surface area contributed by atoms with Gasteiger partial charge in [-0.05, 0) is 18.7 Å². The predicted octanol–water partition coefficient (Wildman–Crippen LogP) is 0.766. The zero-order valence-corrected chi connectivity index (χ0v) is 9.56. The van der Waals surface area contributed by atoms with Crippen molar-refractivity contribution in [2.75, 3.05) is 19.6 Å². The molecule has 1 spiro atoms. The van der Waals surface area contributed by atoms with Crippen LogP contribution in [0.4, 0.5) is 4.79 Å². The number of carbonyl (C=O) groups is 1. The normalized spacial score (nSPS) is 27.8. The van der Waals surface area contributed by atoms with Crippen molar-refractivity contribution in [3.8, 4) is 0 Å². The lowest BCUT2D eigenvalue weighted by molar-refractivity contribution is 0.0727. The summed E-state index contributed by atoms with van der Waals surface area (Å²) in [4.78, 5) is 17.7. The second kappa shape index (κ2) is 4.00. The summed E-state index contributed by atoms with van der Waals surface area (Å²) in [7, 11) is 0. The van der Waals surface area contributed by atoms with Gasteiger partial charge in [0.15, 0.2) is 0 Å². The van der Waals surface area contributed by atoms with Crippen molar-refractivity contribution in [2.45, 2.75) is 18.6 Å². The van der Waals surface area contributed by atoms with Gasteiger partial charge in [-0.15, -0.1) is 0 Å². The van der Waals surface area contributed by atoms with E-state index >= 15 is 0 Å². The molecule has 1 amide bonds. The summed E-state index contributed by atoms with van der Waals surface area (Å²) in [6.07, 6.45) is 2.42. The predicted molar refractivity (Wildman–Crippen MR) is 61.3 cm³/mol. The van der Waals surface area contributed by atoms with Crippen molar-refractivity contribution < 1.29 is 9.53 Å². The fourth-order valence-electron chi connectivity index (χ4n) is 2.44. The zero-order chi connectivity index (χ0) is 11.7. The number of rotatable bonds is 2. The first kappa shape index (κ1) is 10.5. The molecular weight excluding hydrogens is 218 g/mol.